The lowest BCUT2D eigenvalue weighted by molar-refractivity contribution is 0.0353. The highest BCUT2D eigenvalue weighted by Crippen LogP contribution is 2.24. The minimum absolute atomic E-state index is 0.126. The van der Waals surface area contributed by atoms with Crippen LogP contribution in [0.4, 0.5) is 0 Å². The summed E-state index contributed by atoms with van der Waals surface area (Å²) < 4.78 is 21.5. The maximum absolute atomic E-state index is 9.90. The van der Waals surface area contributed by atoms with E-state index in [1.165, 1.54) is 12.1 Å². The molecule has 1 atom stereocenters. The molecule has 8 nitrogen and oxygen atoms in total. The Labute approximate surface area is 156 Å². The van der Waals surface area contributed by atoms with Gasteiger partial charge in [-0.2, -0.15) is 0 Å². The predicted molar refractivity (Wildman–Crippen MR) is 99.4 cm³/mol. The first-order valence-electron chi connectivity index (χ1n) is 8.59. The van der Waals surface area contributed by atoms with E-state index in [4.69, 9.17) is 18.0 Å². The number of aliphatic hydroxyl groups is 1. The number of rotatable bonds is 14. The van der Waals surface area contributed by atoms with Crippen LogP contribution in [0.1, 0.15) is 12.0 Å². The normalized spacial score (nSPS) is 13.1. The van der Waals surface area contributed by atoms with Gasteiger partial charge in [0.1, 0.15) is 0 Å². The van der Waals surface area contributed by atoms with Gasteiger partial charge in [-0.05, 0) is 37.1 Å². The molecule has 0 amide bonds. The number of phenolic OH excluding ortho intramolecular Hbond substituents is 2. The van der Waals surface area contributed by atoms with E-state index in [9.17, 15) is 15.3 Å². The van der Waals surface area contributed by atoms with Crippen LogP contribution in [0.3, 0.4) is 0 Å². The number of hydrogen-bond acceptors (Lipinski definition) is 8. The predicted octanol–water partition coefficient (Wildman–Crippen LogP) is 0.876. The second kappa shape index (κ2) is 12.2. The summed E-state index contributed by atoms with van der Waals surface area (Å²) in [5, 5.41) is 31.7. The lowest BCUT2D eigenvalue weighted by Crippen LogP contribution is -2.42. The Bertz CT molecular complexity index is 506. The van der Waals surface area contributed by atoms with Crippen molar-refractivity contribution in [1.29, 1.82) is 0 Å². The van der Waals surface area contributed by atoms with Crippen molar-refractivity contribution < 1.29 is 33.3 Å². The molecular weight excluding hydrogens is 358 g/mol. The van der Waals surface area contributed by atoms with Crippen molar-refractivity contribution in [3.8, 4) is 11.5 Å². The summed E-state index contributed by atoms with van der Waals surface area (Å²) in [7, 11) is 2.19. The van der Waals surface area contributed by atoms with E-state index in [0.29, 0.717) is 32.2 Å². The van der Waals surface area contributed by atoms with Crippen LogP contribution >= 0.6 is 0 Å². The van der Waals surface area contributed by atoms with Gasteiger partial charge in [0.2, 0.25) is 0 Å². The average Bonchev–Trinajstić information content (AvgIpc) is 2.65. The number of nitrogens with one attached hydrogen (secondary N) is 1. The monoisotopic (exact) mass is 389 g/mol. The molecule has 0 fully saturated rings. The SMILES string of the molecule is CO[Si](CCCOCC(O)CNCCc1ccc(O)c(O)c1)(OC)OC. The van der Waals surface area contributed by atoms with Crippen LogP contribution in [0, 0.1) is 0 Å². The van der Waals surface area contributed by atoms with Crippen molar-refractivity contribution in [2.75, 3.05) is 47.6 Å². The largest absolute Gasteiger partial charge is 0.504 e. The minimum Gasteiger partial charge on any atom is -0.504 e. The van der Waals surface area contributed by atoms with Gasteiger partial charge in [-0.25, -0.2) is 0 Å². The number of phenols is 2. The Morgan fingerprint density at radius 2 is 1.77 bits per heavy atom. The van der Waals surface area contributed by atoms with E-state index in [2.05, 4.69) is 5.32 Å². The van der Waals surface area contributed by atoms with Crippen molar-refractivity contribution in [3.63, 3.8) is 0 Å². The second-order valence-electron chi connectivity index (χ2n) is 5.90. The van der Waals surface area contributed by atoms with Gasteiger partial charge in [0.05, 0.1) is 12.7 Å². The Morgan fingerprint density at radius 1 is 1.08 bits per heavy atom. The van der Waals surface area contributed by atoms with Gasteiger partial charge in [-0.3, -0.25) is 0 Å². The molecule has 0 aliphatic rings. The molecule has 0 saturated heterocycles. The first kappa shape index (κ1) is 22.8. The number of ether oxygens (including phenoxy) is 1. The summed E-state index contributed by atoms with van der Waals surface area (Å²) in [6.45, 7) is 1.80. The van der Waals surface area contributed by atoms with E-state index in [-0.39, 0.29) is 18.1 Å². The van der Waals surface area contributed by atoms with E-state index in [1.807, 2.05) is 0 Å². The van der Waals surface area contributed by atoms with Crippen molar-refractivity contribution in [1.82, 2.24) is 5.32 Å². The summed E-state index contributed by atoms with van der Waals surface area (Å²) in [4.78, 5) is 0. The topological polar surface area (TPSA) is 110 Å². The molecule has 0 aliphatic carbocycles. The highest BCUT2D eigenvalue weighted by atomic mass is 28.4. The molecule has 150 valence electrons. The maximum Gasteiger partial charge on any atom is 0.500 e. The molecule has 1 aromatic rings. The molecule has 0 aliphatic heterocycles. The van der Waals surface area contributed by atoms with Crippen LogP contribution in [-0.2, 0) is 24.4 Å². The van der Waals surface area contributed by atoms with Gasteiger partial charge in [0.25, 0.3) is 0 Å². The molecule has 1 rings (SSSR count). The van der Waals surface area contributed by atoms with Crippen LogP contribution < -0.4 is 5.32 Å². The maximum atomic E-state index is 9.90. The van der Waals surface area contributed by atoms with Gasteiger partial charge in [-0.15, -0.1) is 0 Å². The molecule has 1 aromatic carbocycles. The van der Waals surface area contributed by atoms with Crippen LogP contribution in [0.15, 0.2) is 18.2 Å². The van der Waals surface area contributed by atoms with Crippen molar-refractivity contribution in [2.45, 2.75) is 25.0 Å². The first-order valence-corrected chi connectivity index (χ1v) is 10.5. The van der Waals surface area contributed by atoms with E-state index in [0.717, 1.165) is 12.0 Å². The quantitative estimate of drug-likeness (QED) is 0.211. The second-order valence-corrected chi connectivity index (χ2v) is 9.00. The van der Waals surface area contributed by atoms with Crippen LogP contribution in [0.5, 0.6) is 11.5 Å². The fraction of sp³-hybridized carbons (Fsp3) is 0.647. The number of benzene rings is 1. The number of aliphatic hydroxyl groups excluding tert-OH is 1. The highest BCUT2D eigenvalue weighted by Gasteiger charge is 2.36. The van der Waals surface area contributed by atoms with Gasteiger partial charge < -0.3 is 38.7 Å². The standard InChI is InChI=1S/C17H31NO7Si/c1-22-26(23-2,24-3)10-4-9-25-13-15(19)12-18-8-7-14-5-6-16(20)17(21)11-14/h5-6,11,15,18-21H,4,7-10,12-13H2,1-3H3. The third-order valence-corrected chi connectivity index (χ3v) is 6.86. The van der Waals surface area contributed by atoms with Gasteiger partial charge in [-0.1, -0.05) is 6.07 Å². The third kappa shape index (κ3) is 8.00. The lowest BCUT2D eigenvalue weighted by Gasteiger charge is -2.24. The third-order valence-electron chi connectivity index (χ3n) is 4.03. The van der Waals surface area contributed by atoms with Crippen LogP contribution in [-0.4, -0.2) is 77.9 Å². The molecular formula is C17H31NO7Si. The summed E-state index contributed by atoms with van der Waals surface area (Å²) in [6, 6.07) is 5.39. The summed E-state index contributed by atoms with van der Waals surface area (Å²) in [6.07, 6.45) is 0.809. The molecule has 0 spiro atoms. The number of aromatic hydroxyl groups is 2. The van der Waals surface area contributed by atoms with Crippen molar-refractivity contribution in [3.05, 3.63) is 23.8 Å². The summed E-state index contributed by atoms with van der Waals surface area (Å²) in [5.41, 5.74) is 0.903. The molecule has 26 heavy (non-hydrogen) atoms. The van der Waals surface area contributed by atoms with Gasteiger partial charge in [0, 0.05) is 40.5 Å². The van der Waals surface area contributed by atoms with Gasteiger partial charge in [0.15, 0.2) is 11.5 Å². The average molecular weight is 390 g/mol. The zero-order valence-corrected chi connectivity index (χ0v) is 16.7. The van der Waals surface area contributed by atoms with Crippen molar-refractivity contribution >= 4 is 8.80 Å². The Balaban J connectivity index is 2.09. The smallest absolute Gasteiger partial charge is 0.500 e. The van der Waals surface area contributed by atoms with E-state index >= 15 is 0 Å². The van der Waals surface area contributed by atoms with E-state index in [1.54, 1.807) is 27.4 Å². The molecule has 1 unspecified atom stereocenters. The molecule has 0 bridgehead atoms. The fourth-order valence-electron chi connectivity index (χ4n) is 2.45. The lowest BCUT2D eigenvalue weighted by atomic mass is 10.1. The molecule has 0 heterocycles. The molecule has 0 aromatic heterocycles. The van der Waals surface area contributed by atoms with Crippen LogP contribution in [0.2, 0.25) is 6.04 Å². The minimum atomic E-state index is -2.55. The molecule has 4 N–H and O–H groups in total. The van der Waals surface area contributed by atoms with Crippen molar-refractivity contribution in [2.24, 2.45) is 0 Å². The fourth-order valence-corrected chi connectivity index (χ4v) is 4.14. The highest BCUT2D eigenvalue weighted by molar-refractivity contribution is 6.60. The summed E-state index contributed by atoms with van der Waals surface area (Å²) >= 11 is 0. The molecule has 0 saturated carbocycles. The number of hydrogen-bond donors (Lipinski definition) is 4. The Morgan fingerprint density at radius 3 is 2.38 bits per heavy atom. The summed E-state index contributed by atoms with van der Waals surface area (Å²) in [5.74, 6) is -0.255. The Kier molecular flexibility index (Phi) is 10.7. The van der Waals surface area contributed by atoms with E-state index < -0.39 is 14.9 Å². The van der Waals surface area contributed by atoms with Gasteiger partial charge >= 0.3 is 8.80 Å². The molecule has 0 radical (unpaired) electrons. The zero-order chi connectivity index (χ0) is 19.4. The Hall–Kier alpha value is -1.20. The zero-order valence-electron chi connectivity index (χ0n) is 15.7. The molecule has 9 heteroatoms. The first-order chi connectivity index (χ1) is 12.5. The van der Waals surface area contributed by atoms with Crippen LogP contribution in [0.25, 0.3) is 0 Å².